The number of nitrogens with zero attached hydrogens (tertiary/aromatic N) is 1. The first kappa shape index (κ1) is 12.4. The normalized spacial score (nSPS) is 27.9. The summed E-state index contributed by atoms with van der Waals surface area (Å²) >= 11 is 0. The molecule has 1 heterocycles. The number of hydrogen-bond donors (Lipinski definition) is 4. The molecule has 0 saturated carbocycles. The Labute approximate surface area is 88.8 Å². The quantitative estimate of drug-likeness (QED) is 0.397. The van der Waals surface area contributed by atoms with E-state index in [1.807, 2.05) is 0 Å². The Kier molecular flexibility index (Phi) is 4.09. The highest BCUT2D eigenvalue weighted by molar-refractivity contribution is 6.43. The molecule has 5 N–H and O–H groups in total. The van der Waals surface area contributed by atoms with Crippen LogP contribution in [0.1, 0.15) is 19.8 Å². The van der Waals surface area contributed by atoms with Crippen molar-refractivity contribution < 1.29 is 19.9 Å². The molecule has 7 heteroatoms. The SMILES string of the molecule is C[C@H](N)C(=O)N1C(CO)CCC1B(O)O. The van der Waals surface area contributed by atoms with E-state index in [1.165, 1.54) is 11.8 Å². The molecule has 1 aliphatic rings. The summed E-state index contributed by atoms with van der Waals surface area (Å²) in [6, 6.07) is -1.05. The van der Waals surface area contributed by atoms with Gasteiger partial charge in [0.1, 0.15) is 0 Å². The average molecular weight is 216 g/mol. The predicted octanol–water partition coefficient (Wildman–Crippen LogP) is -2.30. The summed E-state index contributed by atoms with van der Waals surface area (Å²) in [5, 5.41) is 27.3. The minimum Gasteiger partial charge on any atom is -0.426 e. The average Bonchev–Trinajstić information content (AvgIpc) is 2.59. The topological polar surface area (TPSA) is 107 Å². The Hall–Kier alpha value is -0.625. The number of carbonyl (C=O) groups is 1. The van der Waals surface area contributed by atoms with Gasteiger partial charge in [0, 0.05) is 0 Å². The van der Waals surface area contributed by atoms with Crippen LogP contribution in [-0.4, -0.2) is 57.7 Å². The molecule has 0 aromatic carbocycles. The molecule has 6 nitrogen and oxygen atoms in total. The van der Waals surface area contributed by atoms with Crippen LogP contribution in [0.15, 0.2) is 0 Å². The van der Waals surface area contributed by atoms with Gasteiger partial charge in [-0.05, 0) is 19.8 Å². The molecule has 2 unspecified atom stereocenters. The molecule has 0 aromatic rings. The van der Waals surface area contributed by atoms with Crippen LogP contribution in [0.25, 0.3) is 0 Å². The smallest absolute Gasteiger partial charge is 0.426 e. The third-order valence-electron chi connectivity index (χ3n) is 2.75. The van der Waals surface area contributed by atoms with Crippen molar-refractivity contribution >= 4 is 13.0 Å². The number of rotatable bonds is 3. The van der Waals surface area contributed by atoms with Gasteiger partial charge in [-0.25, -0.2) is 0 Å². The second-order valence-corrected chi connectivity index (χ2v) is 3.93. The van der Waals surface area contributed by atoms with Crippen molar-refractivity contribution in [2.24, 2.45) is 5.73 Å². The van der Waals surface area contributed by atoms with Gasteiger partial charge in [-0.15, -0.1) is 0 Å². The molecule has 1 amide bonds. The molecule has 86 valence electrons. The molecule has 0 radical (unpaired) electrons. The van der Waals surface area contributed by atoms with Crippen molar-refractivity contribution in [1.29, 1.82) is 0 Å². The maximum Gasteiger partial charge on any atom is 0.475 e. The van der Waals surface area contributed by atoms with E-state index >= 15 is 0 Å². The summed E-state index contributed by atoms with van der Waals surface area (Å²) in [7, 11) is -1.58. The van der Waals surface area contributed by atoms with Crippen LogP contribution in [-0.2, 0) is 4.79 Å². The summed E-state index contributed by atoms with van der Waals surface area (Å²) < 4.78 is 0. The number of hydrogen-bond acceptors (Lipinski definition) is 5. The van der Waals surface area contributed by atoms with Crippen molar-refractivity contribution in [3.63, 3.8) is 0 Å². The van der Waals surface area contributed by atoms with Gasteiger partial charge in [0.05, 0.1) is 24.6 Å². The Balaban J connectivity index is 2.81. The highest BCUT2D eigenvalue weighted by atomic mass is 16.4. The van der Waals surface area contributed by atoms with Crippen LogP contribution >= 0.6 is 0 Å². The minimum absolute atomic E-state index is 0.179. The van der Waals surface area contributed by atoms with Crippen LogP contribution in [0.3, 0.4) is 0 Å². The monoisotopic (exact) mass is 216 g/mol. The summed E-state index contributed by atoms with van der Waals surface area (Å²) in [4.78, 5) is 13.0. The van der Waals surface area contributed by atoms with Gasteiger partial charge in [0.15, 0.2) is 0 Å². The van der Waals surface area contributed by atoms with Crippen LogP contribution in [0.2, 0.25) is 0 Å². The zero-order valence-corrected chi connectivity index (χ0v) is 8.71. The van der Waals surface area contributed by atoms with E-state index in [1.54, 1.807) is 0 Å². The summed E-state index contributed by atoms with van der Waals surface area (Å²) in [5.74, 6) is -1.01. The number of carbonyl (C=O) groups excluding carboxylic acids is 1. The molecule has 3 atom stereocenters. The number of likely N-dealkylation sites (tertiary alicyclic amines) is 1. The molecule has 1 fully saturated rings. The molecular weight excluding hydrogens is 199 g/mol. The maximum absolute atomic E-state index is 11.7. The minimum atomic E-state index is -1.58. The molecule has 15 heavy (non-hydrogen) atoms. The lowest BCUT2D eigenvalue weighted by molar-refractivity contribution is -0.135. The number of nitrogens with two attached hydrogens (primary N) is 1. The highest BCUT2D eigenvalue weighted by Crippen LogP contribution is 2.25. The first-order valence-corrected chi connectivity index (χ1v) is 5.03. The van der Waals surface area contributed by atoms with Crippen LogP contribution < -0.4 is 5.73 Å². The summed E-state index contributed by atoms with van der Waals surface area (Å²) in [5.41, 5.74) is 5.46. The Morgan fingerprint density at radius 1 is 1.60 bits per heavy atom. The molecule has 0 aromatic heterocycles. The van der Waals surface area contributed by atoms with Crippen LogP contribution in [0, 0.1) is 0 Å². The van der Waals surface area contributed by atoms with E-state index in [4.69, 9.17) is 20.9 Å². The second-order valence-electron chi connectivity index (χ2n) is 3.93. The molecule has 0 bridgehead atoms. The third-order valence-corrected chi connectivity index (χ3v) is 2.75. The highest BCUT2D eigenvalue weighted by Gasteiger charge is 2.43. The molecule has 0 spiro atoms. The zero-order chi connectivity index (χ0) is 11.6. The van der Waals surface area contributed by atoms with Crippen molar-refractivity contribution in [3.8, 4) is 0 Å². The third kappa shape index (κ3) is 2.49. The Bertz CT molecular complexity index is 237. The molecule has 1 aliphatic heterocycles. The van der Waals surface area contributed by atoms with Gasteiger partial charge >= 0.3 is 7.12 Å². The molecule has 1 saturated heterocycles. The number of amides is 1. The molecular formula is C8H17BN2O4. The Morgan fingerprint density at radius 3 is 2.60 bits per heavy atom. The van der Waals surface area contributed by atoms with Crippen LogP contribution in [0.4, 0.5) is 0 Å². The second kappa shape index (κ2) is 4.93. The van der Waals surface area contributed by atoms with Crippen LogP contribution in [0.5, 0.6) is 0 Å². The molecule has 1 rings (SSSR count). The first-order chi connectivity index (χ1) is 6.99. The van der Waals surface area contributed by atoms with Gasteiger partial charge in [0.2, 0.25) is 5.91 Å². The van der Waals surface area contributed by atoms with Gasteiger partial charge in [-0.3, -0.25) is 4.79 Å². The fourth-order valence-corrected chi connectivity index (χ4v) is 1.96. The number of aliphatic hydroxyl groups excluding tert-OH is 1. The standard InChI is InChI=1S/C8H17BN2O4/c1-5(10)8(13)11-6(4-12)2-3-7(11)9(14)15/h5-7,12,14-15H,2-4,10H2,1H3/t5-,6?,7?/m0/s1. The fraction of sp³-hybridized carbons (Fsp3) is 0.875. The van der Waals surface area contributed by atoms with Crippen molar-refractivity contribution in [3.05, 3.63) is 0 Å². The van der Waals surface area contributed by atoms with Gasteiger partial charge in [0.25, 0.3) is 0 Å². The van der Waals surface area contributed by atoms with Crippen molar-refractivity contribution in [2.45, 2.75) is 37.8 Å². The Morgan fingerprint density at radius 2 is 2.20 bits per heavy atom. The predicted molar refractivity (Wildman–Crippen MR) is 54.6 cm³/mol. The van der Waals surface area contributed by atoms with Gasteiger partial charge in [-0.1, -0.05) is 0 Å². The fourth-order valence-electron chi connectivity index (χ4n) is 1.96. The lowest BCUT2D eigenvalue weighted by Crippen LogP contribution is -2.54. The maximum atomic E-state index is 11.7. The van der Waals surface area contributed by atoms with E-state index in [0.717, 1.165) is 0 Å². The van der Waals surface area contributed by atoms with E-state index in [2.05, 4.69) is 0 Å². The molecule has 0 aliphatic carbocycles. The van der Waals surface area contributed by atoms with Crippen molar-refractivity contribution in [2.75, 3.05) is 6.61 Å². The van der Waals surface area contributed by atoms with E-state index < -0.39 is 19.1 Å². The van der Waals surface area contributed by atoms with Crippen molar-refractivity contribution in [1.82, 2.24) is 4.90 Å². The summed E-state index contributed by atoms with van der Waals surface area (Å²) in [6.07, 6.45) is 1.04. The lowest BCUT2D eigenvalue weighted by Gasteiger charge is -2.30. The zero-order valence-electron chi connectivity index (χ0n) is 8.71. The van der Waals surface area contributed by atoms with E-state index in [9.17, 15) is 4.79 Å². The lowest BCUT2D eigenvalue weighted by atomic mass is 9.78. The van der Waals surface area contributed by atoms with E-state index in [0.29, 0.717) is 12.8 Å². The summed E-state index contributed by atoms with van der Waals surface area (Å²) in [6.45, 7) is 1.36. The van der Waals surface area contributed by atoms with E-state index in [-0.39, 0.29) is 18.6 Å². The first-order valence-electron chi connectivity index (χ1n) is 5.03. The van der Waals surface area contributed by atoms with Gasteiger partial charge < -0.3 is 25.8 Å². The van der Waals surface area contributed by atoms with Gasteiger partial charge in [-0.2, -0.15) is 0 Å². The largest absolute Gasteiger partial charge is 0.475 e. The number of aliphatic hydroxyl groups is 1.